The van der Waals surface area contributed by atoms with E-state index in [0.717, 1.165) is 6.42 Å². The van der Waals surface area contributed by atoms with Crippen LogP contribution in [-0.2, 0) is 4.74 Å². The van der Waals surface area contributed by atoms with Gasteiger partial charge in [-0.3, -0.25) is 4.57 Å². The maximum absolute atomic E-state index is 9.31. The van der Waals surface area contributed by atoms with Gasteiger partial charge in [0.1, 0.15) is 6.23 Å². The first kappa shape index (κ1) is 14.0. The Labute approximate surface area is 121 Å². The molecule has 0 radical (unpaired) electrons. The molecule has 0 saturated carbocycles. The van der Waals surface area contributed by atoms with Crippen LogP contribution in [0.2, 0.25) is 0 Å². The minimum Gasteiger partial charge on any atom is -0.476 e. The van der Waals surface area contributed by atoms with E-state index < -0.39 is 0 Å². The Morgan fingerprint density at radius 3 is 3.00 bits per heavy atom. The van der Waals surface area contributed by atoms with E-state index in [1.165, 1.54) is 0 Å². The molecule has 1 aliphatic rings. The Morgan fingerprint density at radius 1 is 1.52 bits per heavy atom. The Balaban J connectivity index is 2.01. The van der Waals surface area contributed by atoms with Gasteiger partial charge in [0.2, 0.25) is 11.8 Å². The fourth-order valence-corrected chi connectivity index (χ4v) is 2.62. The highest BCUT2D eigenvalue weighted by atomic mass is 16.5. The third kappa shape index (κ3) is 2.40. The molecule has 0 aromatic carbocycles. The summed E-state index contributed by atoms with van der Waals surface area (Å²) in [5.41, 5.74) is 6.89. The van der Waals surface area contributed by atoms with Crippen LogP contribution in [0.25, 0.3) is 11.2 Å². The lowest BCUT2D eigenvalue weighted by Gasteiger charge is -2.14. The van der Waals surface area contributed by atoms with E-state index in [9.17, 15) is 5.11 Å². The summed E-state index contributed by atoms with van der Waals surface area (Å²) in [7, 11) is 0. The first-order valence-corrected chi connectivity index (χ1v) is 7.03. The molecule has 0 aliphatic carbocycles. The number of anilines is 1. The van der Waals surface area contributed by atoms with E-state index >= 15 is 0 Å². The lowest BCUT2D eigenvalue weighted by Crippen LogP contribution is -2.18. The lowest BCUT2D eigenvalue weighted by atomic mass is 10.0. The zero-order valence-electron chi connectivity index (χ0n) is 12.1. The fourth-order valence-electron chi connectivity index (χ4n) is 2.62. The first-order valence-electron chi connectivity index (χ1n) is 7.03. The average molecular weight is 293 g/mol. The molecule has 1 fully saturated rings. The number of ether oxygens (including phenoxy) is 2. The summed E-state index contributed by atoms with van der Waals surface area (Å²) in [6.45, 7) is 4.40. The van der Waals surface area contributed by atoms with Crippen LogP contribution in [0.15, 0.2) is 6.33 Å². The second-order valence-electron chi connectivity index (χ2n) is 5.17. The minimum atomic E-state index is -0.217. The predicted molar refractivity (Wildman–Crippen MR) is 75.7 cm³/mol. The third-order valence-corrected chi connectivity index (χ3v) is 3.72. The average Bonchev–Trinajstić information content (AvgIpc) is 3.02. The quantitative estimate of drug-likeness (QED) is 0.855. The van der Waals surface area contributed by atoms with Gasteiger partial charge in [0, 0.05) is 0 Å². The van der Waals surface area contributed by atoms with Crippen molar-refractivity contribution in [2.45, 2.75) is 32.6 Å². The molecule has 8 nitrogen and oxygen atoms in total. The van der Waals surface area contributed by atoms with Gasteiger partial charge >= 0.3 is 0 Å². The van der Waals surface area contributed by atoms with Crippen LogP contribution >= 0.6 is 0 Å². The molecule has 2 aromatic heterocycles. The molecule has 8 heteroatoms. The van der Waals surface area contributed by atoms with Gasteiger partial charge in [0.15, 0.2) is 11.2 Å². The monoisotopic (exact) mass is 293 g/mol. The largest absolute Gasteiger partial charge is 0.476 e. The number of rotatable bonds is 4. The molecular formula is C13H19N5O3. The molecule has 1 aliphatic heterocycles. The van der Waals surface area contributed by atoms with Crippen LogP contribution in [0.3, 0.4) is 0 Å². The van der Waals surface area contributed by atoms with Crippen molar-refractivity contribution in [2.75, 3.05) is 18.9 Å². The van der Waals surface area contributed by atoms with Gasteiger partial charge in [-0.25, -0.2) is 4.98 Å². The van der Waals surface area contributed by atoms with Crippen LogP contribution in [-0.4, -0.2) is 43.9 Å². The molecule has 0 bridgehead atoms. The Morgan fingerprint density at radius 2 is 2.33 bits per heavy atom. The fraction of sp³-hybridized carbons (Fsp3) is 0.615. The number of nitrogen functional groups attached to an aromatic ring is 1. The number of fused-ring (bicyclic) bond motifs is 1. The van der Waals surface area contributed by atoms with Gasteiger partial charge in [0.05, 0.1) is 25.6 Å². The molecule has 3 atom stereocenters. The summed E-state index contributed by atoms with van der Waals surface area (Å²) in [4.78, 5) is 12.6. The lowest BCUT2D eigenvalue weighted by molar-refractivity contribution is -0.0277. The van der Waals surface area contributed by atoms with Gasteiger partial charge in [-0.05, 0) is 19.3 Å². The summed E-state index contributed by atoms with van der Waals surface area (Å²) in [6.07, 6.45) is 2.05. The molecule has 114 valence electrons. The molecule has 3 N–H and O–H groups in total. The summed E-state index contributed by atoms with van der Waals surface area (Å²) in [5, 5.41) is 9.31. The van der Waals surface area contributed by atoms with Crippen molar-refractivity contribution in [3.63, 3.8) is 0 Å². The van der Waals surface area contributed by atoms with Gasteiger partial charge < -0.3 is 20.3 Å². The Hall–Kier alpha value is -1.93. The van der Waals surface area contributed by atoms with E-state index in [1.54, 1.807) is 6.33 Å². The highest BCUT2D eigenvalue weighted by molar-refractivity contribution is 5.77. The van der Waals surface area contributed by atoms with Crippen molar-refractivity contribution in [1.29, 1.82) is 0 Å². The highest BCUT2D eigenvalue weighted by Crippen LogP contribution is 2.35. The maximum atomic E-state index is 9.31. The van der Waals surface area contributed by atoms with Crippen molar-refractivity contribution < 1.29 is 14.6 Å². The summed E-state index contributed by atoms with van der Waals surface area (Å²) in [6, 6.07) is 0. The number of imidazole rings is 1. The van der Waals surface area contributed by atoms with Crippen molar-refractivity contribution in [1.82, 2.24) is 19.5 Å². The summed E-state index contributed by atoms with van der Waals surface area (Å²) >= 11 is 0. The predicted octanol–water partition coefficient (Wildman–Crippen LogP) is 0.723. The molecule has 2 aromatic rings. The molecule has 21 heavy (non-hydrogen) atoms. The minimum absolute atomic E-state index is 0.00557. The standard InChI is InChI=1S/C13H19N5O3/c1-3-20-12-10-11(16-13(14)17-12)18(6-15-10)9-4-7(2)8(5-19)21-9/h6-9,19H,3-5H2,1-2H3,(H2,14,16,17)/t7?,8-,9-/m1/s1. The maximum Gasteiger partial charge on any atom is 0.247 e. The normalized spacial score (nSPS) is 25.6. The second-order valence-corrected chi connectivity index (χ2v) is 5.17. The highest BCUT2D eigenvalue weighted by Gasteiger charge is 2.34. The second kappa shape index (κ2) is 5.45. The Kier molecular flexibility index (Phi) is 3.64. The van der Waals surface area contributed by atoms with Crippen LogP contribution in [0.1, 0.15) is 26.5 Å². The molecule has 3 rings (SSSR count). The van der Waals surface area contributed by atoms with E-state index in [0.29, 0.717) is 23.7 Å². The molecule has 0 spiro atoms. The number of nitrogens with zero attached hydrogens (tertiary/aromatic N) is 4. The molecule has 0 amide bonds. The molecule has 1 saturated heterocycles. The van der Waals surface area contributed by atoms with Crippen molar-refractivity contribution in [3.8, 4) is 5.88 Å². The summed E-state index contributed by atoms with van der Waals surface area (Å²) in [5.74, 6) is 0.781. The van der Waals surface area contributed by atoms with E-state index in [1.807, 2.05) is 11.5 Å². The number of nitrogens with two attached hydrogens (primary N) is 1. The van der Waals surface area contributed by atoms with Gasteiger partial charge in [-0.2, -0.15) is 9.97 Å². The van der Waals surface area contributed by atoms with E-state index in [-0.39, 0.29) is 30.8 Å². The van der Waals surface area contributed by atoms with Crippen LogP contribution < -0.4 is 10.5 Å². The SMILES string of the molecule is CCOc1nc(N)nc2c1ncn2[C@H]1CC(C)[C@@H](CO)O1. The zero-order valence-corrected chi connectivity index (χ0v) is 12.1. The van der Waals surface area contributed by atoms with Gasteiger partial charge in [-0.15, -0.1) is 0 Å². The zero-order chi connectivity index (χ0) is 15.0. The number of aliphatic hydroxyl groups excluding tert-OH is 1. The number of hydrogen-bond donors (Lipinski definition) is 2. The van der Waals surface area contributed by atoms with Crippen molar-refractivity contribution in [3.05, 3.63) is 6.33 Å². The van der Waals surface area contributed by atoms with Gasteiger partial charge in [0.25, 0.3) is 0 Å². The number of hydrogen-bond acceptors (Lipinski definition) is 7. The van der Waals surface area contributed by atoms with Gasteiger partial charge in [-0.1, -0.05) is 6.92 Å². The topological polar surface area (TPSA) is 108 Å². The number of aliphatic hydroxyl groups is 1. The van der Waals surface area contributed by atoms with E-state index in [2.05, 4.69) is 21.9 Å². The van der Waals surface area contributed by atoms with E-state index in [4.69, 9.17) is 15.2 Å². The summed E-state index contributed by atoms with van der Waals surface area (Å²) < 4.78 is 13.1. The Bertz CT molecular complexity index is 644. The first-order chi connectivity index (χ1) is 10.1. The van der Waals surface area contributed by atoms with Crippen LogP contribution in [0, 0.1) is 5.92 Å². The molecule has 1 unspecified atom stereocenters. The van der Waals surface area contributed by atoms with Crippen LogP contribution in [0.4, 0.5) is 5.95 Å². The molecular weight excluding hydrogens is 274 g/mol. The van der Waals surface area contributed by atoms with Crippen molar-refractivity contribution in [2.24, 2.45) is 5.92 Å². The number of aromatic nitrogens is 4. The van der Waals surface area contributed by atoms with Crippen LogP contribution in [0.5, 0.6) is 5.88 Å². The van der Waals surface area contributed by atoms with Crippen molar-refractivity contribution >= 4 is 17.1 Å². The third-order valence-electron chi connectivity index (χ3n) is 3.72. The smallest absolute Gasteiger partial charge is 0.247 e. The molecule has 3 heterocycles.